The first-order chi connectivity index (χ1) is 13.1. The van der Waals surface area contributed by atoms with Crippen LogP contribution in [0.2, 0.25) is 0 Å². The van der Waals surface area contributed by atoms with Crippen molar-refractivity contribution in [3.8, 4) is 5.75 Å². The van der Waals surface area contributed by atoms with Crippen molar-refractivity contribution in [3.63, 3.8) is 0 Å². The Bertz CT molecular complexity index is 637. The van der Waals surface area contributed by atoms with Crippen molar-refractivity contribution >= 4 is 0 Å². The highest BCUT2D eigenvalue weighted by molar-refractivity contribution is 5.33. The minimum atomic E-state index is -4.72. The predicted molar refractivity (Wildman–Crippen MR) is 102 cm³/mol. The molecule has 0 unspecified atom stereocenters. The highest BCUT2D eigenvalue weighted by Crippen LogP contribution is 2.41. The molecule has 3 rings (SSSR count). The number of ether oxygens (including phenoxy) is 1. The van der Waals surface area contributed by atoms with Gasteiger partial charge >= 0.3 is 6.36 Å². The summed E-state index contributed by atoms with van der Waals surface area (Å²) in [6.07, 6.45) is -0.383. The molecule has 2 aliphatic rings. The van der Waals surface area contributed by atoms with Crippen molar-refractivity contribution in [3.05, 3.63) is 29.8 Å². The first kappa shape index (κ1) is 21.4. The van der Waals surface area contributed by atoms with E-state index >= 15 is 0 Å². The molecular formula is C21H31F3N2O2. The summed E-state index contributed by atoms with van der Waals surface area (Å²) in [5.74, 6) is -0.474. The van der Waals surface area contributed by atoms with Gasteiger partial charge in [0, 0.05) is 37.6 Å². The van der Waals surface area contributed by atoms with Crippen LogP contribution >= 0.6 is 0 Å². The number of nitrogens with one attached hydrogen (secondary N) is 1. The topological polar surface area (TPSA) is 44.7 Å². The Hall–Kier alpha value is -1.31. The molecule has 0 spiro atoms. The van der Waals surface area contributed by atoms with Crippen molar-refractivity contribution in [2.24, 2.45) is 0 Å². The monoisotopic (exact) mass is 400 g/mol. The van der Waals surface area contributed by atoms with Crippen LogP contribution in [-0.4, -0.2) is 53.7 Å². The van der Waals surface area contributed by atoms with Crippen LogP contribution in [0.25, 0.3) is 0 Å². The van der Waals surface area contributed by atoms with Crippen molar-refractivity contribution in [2.75, 3.05) is 19.6 Å². The number of benzene rings is 1. The summed E-state index contributed by atoms with van der Waals surface area (Å²) in [6, 6.07) is 6.83. The van der Waals surface area contributed by atoms with Crippen LogP contribution in [0.15, 0.2) is 24.3 Å². The fourth-order valence-electron chi connectivity index (χ4n) is 4.87. The summed E-state index contributed by atoms with van der Waals surface area (Å²) >= 11 is 0. The Morgan fingerprint density at radius 2 is 1.82 bits per heavy atom. The third-order valence-electron chi connectivity index (χ3n) is 5.94. The van der Waals surface area contributed by atoms with E-state index < -0.39 is 12.0 Å². The van der Waals surface area contributed by atoms with E-state index in [1.165, 1.54) is 12.1 Å². The van der Waals surface area contributed by atoms with E-state index in [1.807, 2.05) is 6.07 Å². The number of piperazine rings is 1. The van der Waals surface area contributed by atoms with E-state index in [4.69, 9.17) is 0 Å². The second-order valence-corrected chi connectivity index (χ2v) is 8.52. The summed E-state index contributed by atoms with van der Waals surface area (Å²) in [6.45, 7) is 6.60. The van der Waals surface area contributed by atoms with Gasteiger partial charge in [0.1, 0.15) is 5.75 Å². The second kappa shape index (κ2) is 8.59. The maximum absolute atomic E-state index is 12.7. The third kappa shape index (κ3) is 5.61. The van der Waals surface area contributed by atoms with E-state index in [9.17, 15) is 18.3 Å². The van der Waals surface area contributed by atoms with Crippen LogP contribution in [0.5, 0.6) is 5.75 Å². The molecule has 1 aliphatic carbocycles. The summed E-state index contributed by atoms with van der Waals surface area (Å²) < 4.78 is 42.2. The van der Waals surface area contributed by atoms with Crippen molar-refractivity contribution in [2.45, 2.75) is 75.9 Å². The van der Waals surface area contributed by atoms with Gasteiger partial charge in [-0.25, -0.2) is 0 Å². The normalized spacial score (nSPS) is 27.4. The molecule has 3 atom stereocenters. The molecule has 1 heterocycles. The number of aliphatic hydroxyl groups is 1. The van der Waals surface area contributed by atoms with Gasteiger partial charge in [-0.15, -0.1) is 13.2 Å². The fraction of sp³-hybridized carbons (Fsp3) is 0.714. The Morgan fingerprint density at radius 3 is 2.43 bits per heavy atom. The zero-order valence-corrected chi connectivity index (χ0v) is 16.6. The van der Waals surface area contributed by atoms with Crippen LogP contribution < -0.4 is 10.1 Å². The number of halogens is 3. The first-order valence-electron chi connectivity index (χ1n) is 10.2. The molecule has 1 saturated carbocycles. The lowest BCUT2D eigenvalue weighted by molar-refractivity contribution is -0.274. The maximum Gasteiger partial charge on any atom is 0.573 e. The predicted octanol–water partition coefficient (Wildman–Crippen LogP) is 4.05. The number of rotatable bonds is 5. The van der Waals surface area contributed by atoms with Crippen molar-refractivity contribution < 1.29 is 23.0 Å². The number of nitrogens with zero attached hydrogens (tertiary/aromatic N) is 1. The molecule has 0 bridgehead atoms. The Morgan fingerprint density at radius 1 is 1.18 bits per heavy atom. The van der Waals surface area contributed by atoms with Crippen LogP contribution in [0.3, 0.4) is 0 Å². The minimum Gasteiger partial charge on any atom is -0.406 e. The minimum absolute atomic E-state index is 0.226. The molecule has 1 saturated heterocycles. The van der Waals surface area contributed by atoms with Crippen LogP contribution in [0.4, 0.5) is 13.2 Å². The van der Waals surface area contributed by atoms with E-state index in [-0.39, 0.29) is 11.7 Å². The van der Waals surface area contributed by atoms with Gasteiger partial charge in [0.25, 0.3) is 0 Å². The molecule has 1 aromatic rings. The molecule has 1 aliphatic heterocycles. The lowest BCUT2D eigenvalue weighted by Gasteiger charge is -2.44. The Labute approximate surface area is 165 Å². The molecule has 0 aromatic heterocycles. The largest absolute Gasteiger partial charge is 0.573 e. The summed E-state index contributed by atoms with van der Waals surface area (Å²) in [4.78, 5) is 2.32. The third-order valence-corrected chi connectivity index (χ3v) is 5.94. The van der Waals surface area contributed by atoms with E-state index in [2.05, 4.69) is 28.8 Å². The van der Waals surface area contributed by atoms with Crippen LogP contribution in [0, 0.1) is 0 Å². The van der Waals surface area contributed by atoms with Gasteiger partial charge in [0.15, 0.2) is 0 Å². The van der Waals surface area contributed by atoms with E-state index in [1.54, 1.807) is 6.07 Å². The molecule has 158 valence electrons. The SMILES string of the molecule is C[C@@H]1CN(C[C@@H](c2cccc(OC(F)(F)F)c2)C2(O)CCCCC2)C[C@H](C)N1. The average molecular weight is 400 g/mol. The zero-order valence-electron chi connectivity index (χ0n) is 16.6. The van der Waals surface area contributed by atoms with Gasteiger partial charge < -0.3 is 15.2 Å². The molecule has 0 amide bonds. The van der Waals surface area contributed by atoms with Crippen LogP contribution in [-0.2, 0) is 0 Å². The molecule has 2 fully saturated rings. The number of hydrogen-bond donors (Lipinski definition) is 2. The van der Waals surface area contributed by atoms with Gasteiger partial charge in [-0.05, 0) is 44.4 Å². The smallest absolute Gasteiger partial charge is 0.406 e. The van der Waals surface area contributed by atoms with E-state index in [0.717, 1.165) is 32.4 Å². The lowest BCUT2D eigenvalue weighted by atomic mass is 9.72. The van der Waals surface area contributed by atoms with Gasteiger partial charge in [-0.1, -0.05) is 31.4 Å². The quantitative estimate of drug-likeness (QED) is 0.783. The molecule has 2 N–H and O–H groups in total. The second-order valence-electron chi connectivity index (χ2n) is 8.52. The summed E-state index contributed by atoms with van der Waals surface area (Å²) in [7, 11) is 0. The zero-order chi connectivity index (χ0) is 20.4. The Balaban J connectivity index is 1.87. The summed E-state index contributed by atoms with van der Waals surface area (Å²) in [5, 5.41) is 15.0. The van der Waals surface area contributed by atoms with E-state index in [0.29, 0.717) is 37.0 Å². The fourth-order valence-corrected chi connectivity index (χ4v) is 4.87. The highest BCUT2D eigenvalue weighted by Gasteiger charge is 2.40. The molecule has 4 nitrogen and oxygen atoms in total. The van der Waals surface area contributed by atoms with Crippen molar-refractivity contribution in [1.29, 1.82) is 0 Å². The lowest BCUT2D eigenvalue weighted by Crippen LogP contribution is -2.56. The highest BCUT2D eigenvalue weighted by atomic mass is 19.4. The maximum atomic E-state index is 12.7. The Kier molecular flexibility index (Phi) is 6.57. The summed E-state index contributed by atoms with van der Waals surface area (Å²) in [5.41, 5.74) is -0.183. The van der Waals surface area contributed by atoms with Gasteiger partial charge in [0.2, 0.25) is 0 Å². The average Bonchev–Trinajstić information content (AvgIpc) is 2.58. The first-order valence-corrected chi connectivity index (χ1v) is 10.2. The standard InChI is InChI=1S/C21H31F3N2O2/c1-15-12-26(13-16(2)25-15)14-19(20(27)9-4-3-5-10-20)17-7-6-8-18(11-17)28-21(22,23)24/h6-8,11,15-16,19,25,27H,3-5,9-10,12-14H2,1-2H3/t15-,16+,19-/m0/s1. The number of hydrogen-bond acceptors (Lipinski definition) is 4. The molecule has 7 heteroatoms. The van der Waals surface area contributed by atoms with Gasteiger partial charge in [0.05, 0.1) is 5.60 Å². The molecular weight excluding hydrogens is 369 g/mol. The molecule has 0 radical (unpaired) electrons. The molecule has 28 heavy (non-hydrogen) atoms. The van der Waals surface area contributed by atoms with Crippen molar-refractivity contribution in [1.82, 2.24) is 10.2 Å². The molecule has 1 aromatic carbocycles. The number of alkyl halides is 3. The van der Waals surface area contributed by atoms with Gasteiger partial charge in [-0.3, -0.25) is 4.90 Å². The van der Waals surface area contributed by atoms with Crippen LogP contribution in [0.1, 0.15) is 57.4 Å². The van der Waals surface area contributed by atoms with Gasteiger partial charge in [-0.2, -0.15) is 0 Å².